The van der Waals surface area contributed by atoms with Gasteiger partial charge in [0.05, 0.1) is 17.6 Å². The fourth-order valence-corrected chi connectivity index (χ4v) is 2.25. The van der Waals surface area contributed by atoms with E-state index in [9.17, 15) is 0 Å². The van der Waals surface area contributed by atoms with Crippen molar-refractivity contribution in [2.45, 2.75) is 20.3 Å². The lowest BCUT2D eigenvalue weighted by atomic mass is 10.1. The molecule has 0 saturated carbocycles. The smallest absolute Gasteiger partial charge is 0.211 e. The van der Waals surface area contributed by atoms with E-state index in [-0.39, 0.29) is 0 Å². The Morgan fingerprint density at radius 3 is 2.89 bits per heavy atom. The number of nitrogens with two attached hydrogens (primary N) is 1. The van der Waals surface area contributed by atoms with E-state index in [4.69, 9.17) is 5.73 Å². The van der Waals surface area contributed by atoms with Crippen LogP contribution in [0.4, 0.5) is 0 Å². The number of rotatable bonds is 3. The number of hydrogen-bond donors (Lipinski definition) is 3. The highest BCUT2D eigenvalue weighted by molar-refractivity contribution is 5.63. The van der Waals surface area contributed by atoms with E-state index in [0.29, 0.717) is 6.54 Å². The maximum Gasteiger partial charge on any atom is 0.211 e. The number of imidazole rings is 2. The van der Waals surface area contributed by atoms with Gasteiger partial charge in [0.1, 0.15) is 0 Å². The zero-order chi connectivity index (χ0) is 12.7. The van der Waals surface area contributed by atoms with Crippen LogP contribution in [0.25, 0.3) is 17.2 Å². The molecule has 94 valence electrons. The van der Waals surface area contributed by atoms with Gasteiger partial charge < -0.3 is 15.7 Å². The zero-order valence-electron chi connectivity index (χ0n) is 10.6. The third kappa shape index (κ3) is 1.55. The highest BCUT2D eigenvalue weighted by atomic mass is 15.1. The van der Waals surface area contributed by atoms with Gasteiger partial charge in [-0.25, -0.2) is 4.98 Å². The van der Waals surface area contributed by atoms with Crippen LogP contribution in [0, 0.1) is 13.8 Å². The van der Waals surface area contributed by atoms with Gasteiger partial charge >= 0.3 is 0 Å². The zero-order valence-corrected chi connectivity index (χ0v) is 10.6. The predicted octanol–water partition coefficient (Wildman–Crippen LogP) is 1.78. The number of fused-ring (bicyclic) bond motifs is 1. The van der Waals surface area contributed by atoms with Gasteiger partial charge in [-0.05, 0) is 31.5 Å². The van der Waals surface area contributed by atoms with Crippen LogP contribution in [0.2, 0.25) is 0 Å². The first-order chi connectivity index (χ1) is 8.70. The van der Waals surface area contributed by atoms with Crippen LogP contribution in [0.5, 0.6) is 0 Å². The van der Waals surface area contributed by atoms with Crippen molar-refractivity contribution in [3.63, 3.8) is 0 Å². The molecule has 3 heterocycles. The highest BCUT2D eigenvalue weighted by Gasteiger charge is 2.11. The first-order valence-corrected chi connectivity index (χ1v) is 6.10. The Bertz CT molecular complexity index is 685. The Morgan fingerprint density at radius 1 is 1.39 bits per heavy atom. The lowest BCUT2D eigenvalue weighted by molar-refractivity contribution is 0.908. The molecule has 0 bridgehead atoms. The molecule has 5 nitrogen and oxygen atoms in total. The summed E-state index contributed by atoms with van der Waals surface area (Å²) in [6.07, 6.45) is 6.80. The molecule has 0 saturated heterocycles. The normalized spacial score (nSPS) is 11.5. The lowest BCUT2D eigenvalue weighted by Gasteiger charge is -1.96. The summed E-state index contributed by atoms with van der Waals surface area (Å²) in [4.78, 5) is 11.0. The number of aromatic amines is 2. The molecule has 5 heteroatoms. The van der Waals surface area contributed by atoms with Gasteiger partial charge in [0, 0.05) is 24.5 Å². The summed E-state index contributed by atoms with van der Waals surface area (Å²) in [6.45, 7) is 4.85. The summed E-state index contributed by atoms with van der Waals surface area (Å²) in [5.74, 6) is 0.861. The Morgan fingerprint density at radius 2 is 2.22 bits per heavy atom. The monoisotopic (exact) mass is 243 g/mol. The molecule has 0 fully saturated rings. The van der Waals surface area contributed by atoms with Crippen molar-refractivity contribution >= 4 is 5.78 Å². The molecule has 3 rings (SSSR count). The van der Waals surface area contributed by atoms with Gasteiger partial charge in [-0.3, -0.25) is 4.40 Å². The van der Waals surface area contributed by atoms with Crippen molar-refractivity contribution in [1.29, 1.82) is 0 Å². The molecule has 0 amide bonds. The van der Waals surface area contributed by atoms with E-state index in [1.807, 2.05) is 12.4 Å². The highest BCUT2D eigenvalue weighted by Crippen LogP contribution is 2.24. The maximum atomic E-state index is 5.60. The van der Waals surface area contributed by atoms with Gasteiger partial charge in [-0.2, -0.15) is 0 Å². The van der Waals surface area contributed by atoms with Crippen molar-refractivity contribution in [2.75, 3.05) is 6.54 Å². The Hall–Kier alpha value is -2.01. The second-order valence-electron chi connectivity index (χ2n) is 4.62. The van der Waals surface area contributed by atoms with Gasteiger partial charge in [0.2, 0.25) is 5.78 Å². The lowest BCUT2D eigenvalue weighted by Crippen LogP contribution is -2.04. The second kappa shape index (κ2) is 4.03. The summed E-state index contributed by atoms with van der Waals surface area (Å²) in [5.41, 5.74) is 11.4. The van der Waals surface area contributed by atoms with E-state index in [0.717, 1.165) is 29.3 Å². The van der Waals surface area contributed by atoms with Crippen molar-refractivity contribution in [1.82, 2.24) is 19.4 Å². The first kappa shape index (κ1) is 11.1. The van der Waals surface area contributed by atoms with Gasteiger partial charge in [0.15, 0.2) is 0 Å². The molecule has 0 unspecified atom stereocenters. The first-order valence-electron chi connectivity index (χ1n) is 6.10. The molecule has 0 aliphatic rings. The quantitative estimate of drug-likeness (QED) is 0.656. The average Bonchev–Trinajstić information content (AvgIpc) is 2.99. The van der Waals surface area contributed by atoms with Crippen molar-refractivity contribution in [3.8, 4) is 11.4 Å². The Kier molecular flexibility index (Phi) is 2.48. The van der Waals surface area contributed by atoms with Crippen LogP contribution in [-0.2, 0) is 6.42 Å². The summed E-state index contributed by atoms with van der Waals surface area (Å²) in [7, 11) is 0. The molecule has 0 atom stereocenters. The molecule has 0 spiro atoms. The van der Waals surface area contributed by atoms with E-state index in [1.54, 1.807) is 0 Å². The predicted molar refractivity (Wildman–Crippen MR) is 71.6 cm³/mol. The van der Waals surface area contributed by atoms with E-state index in [2.05, 4.69) is 39.4 Å². The van der Waals surface area contributed by atoms with Crippen LogP contribution in [0.15, 0.2) is 18.6 Å². The summed E-state index contributed by atoms with van der Waals surface area (Å²) < 4.78 is 2.07. The molecular formula is C13H17N5. The number of nitrogens with one attached hydrogen (secondary N) is 2. The SMILES string of the molecule is Cc1c[nH]c(-c2cn3c(CCN)cnc3[nH]2)c1C. The number of nitrogens with zero attached hydrogens (tertiary/aromatic N) is 2. The Labute approximate surface area is 105 Å². The minimum absolute atomic E-state index is 0.634. The molecule has 3 aromatic heterocycles. The van der Waals surface area contributed by atoms with Crippen molar-refractivity contribution < 1.29 is 0 Å². The number of aryl methyl sites for hydroxylation is 1. The molecule has 18 heavy (non-hydrogen) atoms. The van der Waals surface area contributed by atoms with Crippen LogP contribution < -0.4 is 5.73 Å². The molecule has 4 N–H and O–H groups in total. The minimum atomic E-state index is 0.634. The average molecular weight is 243 g/mol. The number of hydrogen-bond acceptors (Lipinski definition) is 2. The fraction of sp³-hybridized carbons (Fsp3) is 0.308. The maximum absolute atomic E-state index is 5.60. The molecule has 0 radical (unpaired) electrons. The standard InChI is InChI=1S/C13H17N5/c1-8-5-15-12(9(8)2)11-7-18-10(3-4-14)6-16-13(18)17-11/h5-7,15H,3-4,14H2,1-2H3,(H,16,17). The van der Waals surface area contributed by atoms with Gasteiger partial charge in [0.25, 0.3) is 0 Å². The molecule has 0 aromatic carbocycles. The number of aromatic nitrogens is 4. The number of H-pyrrole nitrogens is 2. The fourth-order valence-electron chi connectivity index (χ4n) is 2.25. The molecular weight excluding hydrogens is 226 g/mol. The Balaban J connectivity index is 2.11. The van der Waals surface area contributed by atoms with Crippen LogP contribution in [0.3, 0.4) is 0 Å². The van der Waals surface area contributed by atoms with Crippen molar-refractivity contribution in [2.24, 2.45) is 5.73 Å². The molecule has 3 aromatic rings. The van der Waals surface area contributed by atoms with Crippen molar-refractivity contribution in [3.05, 3.63) is 35.4 Å². The summed E-state index contributed by atoms with van der Waals surface area (Å²) in [6, 6.07) is 0. The third-order valence-corrected chi connectivity index (χ3v) is 3.45. The summed E-state index contributed by atoms with van der Waals surface area (Å²) in [5, 5.41) is 0. The van der Waals surface area contributed by atoms with Crippen LogP contribution >= 0.6 is 0 Å². The van der Waals surface area contributed by atoms with E-state index in [1.165, 1.54) is 11.1 Å². The largest absolute Gasteiger partial charge is 0.359 e. The van der Waals surface area contributed by atoms with Gasteiger partial charge in [-0.1, -0.05) is 0 Å². The van der Waals surface area contributed by atoms with E-state index < -0.39 is 0 Å². The van der Waals surface area contributed by atoms with Crippen LogP contribution in [0.1, 0.15) is 16.8 Å². The molecule has 0 aliphatic heterocycles. The van der Waals surface area contributed by atoms with Crippen LogP contribution in [-0.4, -0.2) is 25.9 Å². The third-order valence-electron chi connectivity index (χ3n) is 3.45. The second-order valence-corrected chi connectivity index (χ2v) is 4.62. The van der Waals surface area contributed by atoms with Gasteiger partial charge in [-0.15, -0.1) is 0 Å². The molecule has 0 aliphatic carbocycles. The summed E-state index contributed by atoms with van der Waals surface area (Å²) >= 11 is 0. The van der Waals surface area contributed by atoms with E-state index >= 15 is 0 Å². The minimum Gasteiger partial charge on any atom is -0.359 e. The topological polar surface area (TPSA) is 74.9 Å².